The fourth-order valence-corrected chi connectivity index (χ4v) is 2.75. The molecule has 0 aliphatic rings. The zero-order chi connectivity index (χ0) is 22.2. The number of aromatic nitrogens is 2. The third-order valence-corrected chi connectivity index (χ3v) is 4.07. The van der Waals surface area contributed by atoms with Crippen LogP contribution in [-0.2, 0) is 4.74 Å². The van der Waals surface area contributed by atoms with E-state index in [1.165, 1.54) is 12.4 Å². The summed E-state index contributed by atoms with van der Waals surface area (Å²) in [5.74, 6) is 0.206. The van der Waals surface area contributed by atoms with Gasteiger partial charge in [0, 0.05) is 11.4 Å². The molecule has 0 bridgehead atoms. The van der Waals surface area contributed by atoms with E-state index in [2.05, 4.69) is 20.6 Å². The van der Waals surface area contributed by atoms with Gasteiger partial charge in [-0.15, -0.1) is 0 Å². The number of rotatable bonds is 9. The number of carbonyl (C=O) groups is 1. The first kappa shape index (κ1) is 21.5. The summed E-state index contributed by atoms with van der Waals surface area (Å²) in [5, 5.41) is 17.6. The molecule has 0 fully saturated rings. The predicted molar refractivity (Wildman–Crippen MR) is 115 cm³/mol. The minimum Gasteiger partial charge on any atom is -0.494 e. The number of carbonyl (C=O) groups excluding carboxylic acids is 1. The van der Waals surface area contributed by atoms with Crippen LogP contribution in [0.1, 0.15) is 24.2 Å². The lowest BCUT2D eigenvalue weighted by Crippen LogP contribution is -2.07. The normalized spacial score (nSPS) is 10.3. The van der Waals surface area contributed by atoms with Gasteiger partial charge in [-0.1, -0.05) is 6.07 Å². The van der Waals surface area contributed by atoms with Gasteiger partial charge >= 0.3 is 11.7 Å². The highest BCUT2D eigenvalue weighted by Crippen LogP contribution is 2.33. The van der Waals surface area contributed by atoms with Gasteiger partial charge in [-0.3, -0.25) is 10.1 Å². The van der Waals surface area contributed by atoms with Gasteiger partial charge in [-0.05, 0) is 56.3 Å². The number of nitrogens with one attached hydrogen (secondary N) is 2. The highest BCUT2D eigenvalue weighted by atomic mass is 16.6. The van der Waals surface area contributed by atoms with Crippen LogP contribution in [0.15, 0.2) is 54.9 Å². The Labute approximate surface area is 178 Å². The molecule has 0 aliphatic heterocycles. The monoisotopic (exact) mass is 423 g/mol. The van der Waals surface area contributed by atoms with E-state index in [9.17, 15) is 14.9 Å². The van der Waals surface area contributed by atoms with E-state index in [0.717, 1.165) is 0 Å². The average molecular weight is 423 g/mol. The van der Waals surface area contributed by atoms with Crippen LogP contribution in [0, 0.1) is 10.1 Å². The second-order valence-corrected chi connectivity index (χ2v) is 6.19. The maximum absolute atomic E-state index is 11.9. The van der Waals surface area contributed by atoms with E-state index in [-0.39, 0.29) is 23.9 Å². The molecular formula is C21H21N5O5. The molecule has 10 heteroatoms. The largest absolute Gasteiger partial charge is 0.494 e. The van der Waals surface area contributed by atoms with Gasteiger partial charge in [0.05, 0.1) is 23.7 Å². The van der Waals surface area contributed by atoms with Gasteiger partial charge in [0.15, 0.2) is 0 Å². The smallest absolute Gasteiger partial charge is 0.353 e. The second kappa shape index (κ2) is 10.0. The van der Waals surface area contributed by atoms with Crippen molar-refractivity contribution in [2.45, 2.75) is 13.8 Å². The SMILES string of the molecule is CCOC(=O)c1cccc(Nc2ncnc(Nc3ccc(OCC)cc3)c2[N+](=O)[O-])c1. The molecule has 0 amide bonds. The Balaban J connectivity index is 1.88. The molecule has 0 atom stereocenters. The zero-order valence-corrected chi connectivity index (χ0v) is 17.0. The first-order valence-electron chi connectivity index (χ1n) is 9.55. The Hall–Kier alpha value is -4.21. The van der Waals surface area contributed by atoms with E-state index < -0.39 is 10.9 Å². The van der Waals surface area contributed by atoms with E-state index in [1.807, 2.05) is 6.92 Å². The van der Waals surface area contributed by atoms with Crippen LogP contribution in [0.4, 0.5) is 28.7 Å². The van der Waals surface area contributed by atoms with Crippen molar-refractivity contribution in [3.05, 3.63) is 70.5 Å². The molecule has 2 aromatic carbocycles. The van der Waals surface area contributed by atoms with Crippen LogP contribution in [0.3, 0.4) is 0 Å². The van der Waals surface area contributed by atoms with Crippen LogP contribution in [0.2, 0.25) is 0 Å². The maximum Gasteiger partial charge on any atom is 0.353 e. The number of anilines is 4. The first-order chi connectivity index (χ1) is 15.0. The Morgan fingerprint density at radius 2 is 1.68 bits per heavy atom. The van der Waals surface area contributed by atoms with Crippen molar-refractivity contribution in [3.8, 4) is 5.75 Å². The minimum absolute atomic E-state index is 0.0190. The number of esters is 1. The van der Waals surface area contributed by atoms with Crippen molar-refractivity contribution in [2.75, 3.05) is 23.8 Å². The summed E-state index contributed by atoms with van der Waals surface area (Å²) in [6.07, 6.45) is 1.21. The number of hydrogen-bond acceptors (Lipinski definition) is 9. The van der Waals surface area contributed by atoms with Crippen LogP contribution in [0.25, 0.3) is 0 Å². The van der Waals surface area contributed by atoms with E-state index in [4.69, 9.17) is 9.47 Å². The van der Waals surface area contributed by atoms with Gasteiger partial charge in [0.25, 0.3) is 0 Å². The number of nitro groups is 1. The molecule has 3 aromatic rings. The van der Waals surface area contributed by atoms with Crippen molar-refractivity contribution < 1.29 is 19.2 Å². The minimum atomic E-state index is -0.575. The topological polar surface area (TPSA) is 129 Å². The molecule has 3 rings (SSSR count). The lowest BCUT2D eigenvalue weighted by atomic mass is 10.2. The van der Waals surface area contributed by atoms with Gasteiger partial charge in [-0.2, -0.15) is 0 Å². The van der Waals surface area contributed by atoms with Crippen LogP contribution in [0.5, 0.6) is 5.75 Å². The summed E-state index contributed by atoms with van der Waals surface area (Å²) >= 11 is 0. The quantitative estimate of drug-likeness (QED) is 0.291. The maximum atomic E-state index is 11.9. The van der Waals surface area contributed by atoms with Gasteiger partial charge < -0.3 is 20.1 Å². The molecule has 2 N–H and O–H groups in total. The molecule has 0 radical (unpaired) electrons. The highest BCUT2D eigenvalue weighted by Gasteiger charge is 2.23. The van der Waals surface area contributed by atoms with Crippen molar-refractivity contribution in [2.24, 2.45) is 0 Å². The molecule has 160 valence electrons. The molecule has 1 heterocycles. The van der Waals surface area contributed by atoms with Crippen molar-refractivity contribution in [1.29, 1.82) is 0 Å². The van der Waals surface area contributed by atoms with Crippen molar-refractivity contribution in [3.63, 3.8) is 0 Å². The Morgan fingerprint density at radius 1 is 1.00 bits per heavy atom. The summed E-state index contributed by atoms with van der Waals surface area (Å²) in [4.78, 5) is 31.2. The second-order valence-electron chi connectivity index (χ2n) is 6.19. The number of nitrogens with zero attached hydrogens (tertiary/aromatic N) is 3. The Kier molecular flexibility index (Phi) is 6.94. The van der Waals surface area contributed by atoms with Gasteiger partial charge in [0.2, 0.25) is 11.6 Å². The molecule has 0 aliphatic carbocycles. The van der Waals surface area contributed by atoms with Crippen molar-refractivity contribution >= 4 is 34.7 Å². The Morgan fingerprint density at radius 3 is 2.29 bits per heavy atom. The van der Waals surface area contributed by atoms with Gasteiger partial charge in [-0.25, -0.2) is 14.8 Å². The highest BCUT2D eigenvalue weighted by molar-refractivity contribution is 5.91. The van der Waals surface area contributed by atoms with Crippen LogP contribution < -0.4 is 15.4 Å². The molecule has 10 nitrogen and oxygen atoms in total. The summed E-state index contributed by atoms with van der Waals surface area (Å²) < 4.78 is 10.4. The zero-order valence-electron chi connectivity index (χ0n) is 17.0. The third kappa shape index (κ3) is 5.44. The van der Waals surface area contributed by atoms with Gasteiger partial charge in [0.1, 0.15) is 12.1 Å². The fraction of sp³-hybridized carbons (Fsp3) is 0.190. The molecule has 31 heavy (non-hydrogen) atoms. The third-order valence-electron chi connectivity index (χ3n) is 4.07. The molecule has 0 saturated heterocycles. The average Bonchev–Trinajstić information content (AvgIpc) is 2.75. The van der Waals surface area contributed by atoms with Crippen LogP contribution in [-0.4, -0.2) is 34.1 Å². The summed E-state index contributed by atoms with van der Waals surface area (Å²) in [6.45, 7) is 4.38. The van der Waals surface area contributed by atoms with Crippen molar-refractivity contribution in [1.82, 2.24) is 9.97 Å². The molecule has 1 aromatic heterocycles. The summed E-state index contributed by atoms with van der Waals surface area (Å²) in [5.41, 5.74) is 1.02. The van der Waals surface area contributed by atoms with Crippen LogP contribution >= 0.6 is 0 Å². The van der Waals surface area contributed by atoms with E-state index >= 15 is 0 Å². The molecule has 0 unspecified atom stereocenters. The summed E-state index contributed by atoms with van der Waals surface area (Å²) in [7, 11) is 0. The number of ether oxygens (including phenoxy) is 2. The lowest BCUT2D eigenvalue weighted by molar-refractivity contribution is -0.383. The number of benzene rings is 2. The lowest BCUT2D eigenvalue weighted by Gasteiger charge is -2.11. The first-order valence-corrected chi connectivity index (χ1v) is 9.55. The predicted octanol–water partition coefficient (Wildman–Crippen LogP) is 4.45. The molecular weight excluding hydrogens is 402 g/mol. The standard InChI is InChI=1S/C21H21N5O5/c1-3-30-17-10-8-15(9-11-17)24-19-18(26(28)29)20(23-13-22-19)25-16-7-5-6-14(12-16)21(27)31-4-2/h5-13H,3-4H2,1-2H3,(H2,22,23,24,25). The number of hydrogen-bond donors (Lipinski definition) is 2. The molecule has 0 saturated carbocycles. The molecule has 0 spiro atoms. The van der Waals surface area contributed by atoms with E-state index in [0.29, 0.717) is 29.3 Å². The Bertz CT molecular complexity index is 1070. The van der Waals surface area contributed by atoms with E-state index in [1.54, 1.807) is 49.4 Å². The fourth-order valence-electron chi connectivity index (χ4n) is 2.75. The summed E-state index contributed by atoms with van der Waals surface area (Å²) in [6, 6.07) is 13.4.